The van der Waals surface area contributed by atoms with Crippen LogP contribution in [0.2, 0.25) is 0 Å². The van der Waals surface area contributed by atoms with Crippen LogP contribution in [0.15, 0.2) is 0 Å². The molecular weight excluding hydrogens is 250 g/mol. The first-order valence-corrected chi connectivity index (χ1v) is 1.82. The third kappa shape index (κ3) is 41.7. The highest BCUT2D eigenvalue weighted by Crippen LogP contribution is 1.63. The van der Waals surface area contributed by atoms with Gasteiger partial charge < -0.3 is 39.1 Å². The zero-order valence-electron chi connectivity index (χ0n) is 3.62. The fourth-order valence-electron chi connectivity index (χ4n) is 0. The minimum absolute atomic E-state index is 0. The number of hydrogen-bond acceptors (Lipinski definition) is 1. The van der Waals surface area contributed by atoms with Crippen LogP contribution in [0.1, 0.15) is 0 Å². The fraction of sp³-hybridized carbons (Fsp3) is 1.00. The summed E-state index contributed by atoms with van der Waals surface area (Å²) in [6.45, 7) is 0. The third-order valence-electron chi connectivity index (χ3n) is 0. The molecule has 0 saturated heterocycles. The average Bonchev–Trinajstić information content (AvgIpc) is 0.918. The fourth-order valence-corrected chi connectivity index (χ4v) is 0. The molecule has 0 heterocycles. The Labute approximate surface area is 64.6 Å². The van der Waals surface area contributed by atoms with Crippen molar-refractivity contribution in [1.29, 1.82) is 0 Å². The first-order valence-electron chi connectivity index (χ1n) is 0.816. The van der Waals surface area contributed by atoms with Gasteiger partial charge in [-0.15, -0.1) is 0 Å². The topological polar surface area (TPSA) is 20.2 Å². The number of aliphatic hydroxyl groups is 1. The van der Waals surface area contributed by atoms with E-state index in [1.54, 1.807) is 0 Å². The van der Waals surface area contributed by atoms with Crippen molar-refractivity contribution in [2.45, 2.75) is 0 Å². The Hall–Kier alpha value is 1.78. The number of hydrogen-bond donors (Lipinski definition) is 1. The molecule has 0 aromatic heterocycles. The predicted octanol–water partition coefficient (Wildman–Crippen LogP) is -6.66. The lowest BCUT2D eigenvalue weighted by Gasteiger charge is -1.45. The molecule has 2 unspecified atom stereocenters. The van der Waals surface area contributed by atoms with Crippen LogP contribution in [0.25, 0.3) is 0 Å². The number of halogens is 2. The Kier molecular flexibility index (Phi) is 122. The summed E-state index contributed by atoms with van der Waals surface area (Å²) in [6, 6.07) is 0. The van der Waals surface area contributed by atoms with Gasteiger partial charge in [0.2, 0.25) is 0 Å². The second-order valence-electron chi connectivity index (χ2n) is 0.224. The average molecular weight is 260 g/mol. The Morgan fingerprint density at radius 3 is 1.33 bits per heavy atom. The van der Waals surface area contributed by atoms with E-state index in [1.165, 1.54) is 9.24 Å². The summed E-state index contributed by atoms with van der Waals surface area (Å²) in [5, 5.41) is 7.58. The number of aliphatic hydroxyl groups excluding tert-OH is 1. The predicted molar refractivity (Wildman–Crippen MR) is 30.7 cm³/mol. The van der Waals surface area contributed by atoms with E-state index in [0.717, 1.165) is 0 Å². The van der Waals surface area contributed by atoms with Gasteiger partial charge in [-0.25, -0.2) is 0 Å². The van der Waals surface area contributed by atoms with E-state index >= 15 is 0 Å². The lowest BCUT2D eigenvalue weighted by Crippen LogP contribution is -3.00. The summed E-state index contributed by atoms with van der Waals surface area (Å²) in [5.41, 5.74) is 0. The molecule has 1 N–H and O–H groups in total. The van der Waals surface area contributed by atoms with Crippen LogP contribution in [0.3, 0.4) is 0 Å². The van der Waals surface area contributed by atoms with Gasteiger partial charge in [0, 0.05) is 9.24 Å². The first-order chi connectivity index (χ1) is 1.41. The van der Waals surface area contributed by atoms with Gasteiger partial charge in [-0.1, -0.05) is 0 Å². The Morgan fingerprint density at radius 1 is 1.33 bits per heavy atom. The zero-order chi connectivity index (χ0) is 2.71. The number of rotatable bonds is 0. The zero-order valence-corrected chi connectivity index (χ0v) is 10.2. The van der Waals surface area contributed by atoms with Gasteiger partial charge in [0.1, 0.15) is 6.35 Å². The molecular formula is CH10Br2OP2. The molecule has 2 atom stereocenters. The minimum Gasteiger partial charge on any atom is -1.00 e. The molecule has 0 aliphatic carbocycles. The summed E-state index contributed by atoms with van der Waals surface area (Å²) in [4.78, 5) is 0. The van der Waals surface area contributed by atoms with Gasteiger partial charge in [-0.3, -0.25) is 0 Å². The van der Waals surface area contributed by atoms with Crippen molar-refractivity contribution in [3.8, 4) is 0 Å². The molecule has 0 saturated carbocycles. The molecule has 0 aliphatic rings. The van der Waals surface area contributed by atoms with E-state index in [-0.39, 0.29) is 50.2 Å². The van der Waals surface area contributed by atoms with Crippen molar-refractivity contribution < 1.29 is 39.1 Å². The smallest absolute Gasteiger partial charge is 0.147 e. The van der Waals surface area contributed by atoms with Gasteiger partial charge in [-0.05, 0) is 9.90 Å². The molecule has 0 amide bonds. The van der Waals surface area contributed by atoms with Crippen molar-refractivity contribution in [3.05, 3.63) is 0 Å². The molecule has 0 fully saturated rings. The summed E-state index contributed by atoms with van der Waals surface area (Å²) in [7, 11) is 1.53. The Balaban J connectivity index is -0.00000000667. The largest absolute Gasteiger partial charge is 1.00 e. The van der Waals surface area contributed by atoms with Crippen molar-refractivity contribution >= 4 is 19.1 Å². The standard InChI is InChI=1S/CH5OP.2BrH.H3P/c2-1-3;;;/h2H,1,3H2;2*1H;1H3. The maximum absolute atomic E-state index is 7.58. The van der Waals surface area contributed by atoms with Gasteiger partial charge >= 0.3 is 0 Å². The molecule has 0 spiro atoms. The molecule has 0 bridgehead atoms. The van der Waals surface area contributed by atoms with Crippen molar-refractivity contribution in [2.24, 2.45) is 0 Å². The van der Waals surface area contributed by atoms with E-state index in [1.807, 2.05) is 0 Å². The molecule has 0 aromatic carbocycles. The van der Waals surface area contributed by atoms with Crippen molar-refractivity contribution in [3.63, 3.8) is 0 Å². The van der Waals surface area contributed by atoms with Crippen LogP contribution in [0.5, 0.6) is 0 Å². The third-order valence-corrected chi connectivity index (χ3v) is 0. The van der Waals surface area contributed by atoms with Gasteiger partial charge in [0.25, 0.3) is 0 Å². The van der Waals surface area contributed by atoms with Gasteiger partial charge in [-0.2, -0.15) is 0 Å². The van der Waals surface area contributed by atoms with Crippen LogP contribution in [0, 0.1) is 0 Å². The molecule has 0 aliphatic heterocycles. The van der Waals surface area contributed by atoms with Crippen LogP contribution in [-0.2, 0) is 0 Å². The summed E-state index contributed by atoms with van der Waals surface area (Å²) >= 11 is 0. The summed E-state index contributed by atoms with van der Waals surface area (Å²) < 4.78 is 0. The van der Waals surface area contributed by atoms with E-state index in [0.29, 0.717) is 0 Å². The molecule has 1 nitrogen and oxygen atoms in total. The normalized spacial score (nSPS) is 3.50. The summed E-state index contributed by atoms with van der Waals surface area (Å²) in [5.74, 6) is 0. The first kappa shape index (κ1) is 25.0. The minimum atomic E-state index is 0. The Morgan fingerprint density at radius 2 is 1.33 bits per heavy atom. The van der Waals surface area contributed by atoms with E-state index in [9.17, 15) is 0 Å². The van der Waals surface area contributed by atoms with Crippen molar-refractivity contribution in [2.75, 3.05) is 6.35 Å². The van der Waals surface area contributed by atoms with Gasteiger partial charge in [0.15, 0.2) is 0 Å². The highest BCUT2D eigenvalue weighted by atomic mass is 79.9. The van der Waals surface area contributed by atoms with Crippen LogP contribution >= 0.6 is 19.1 Å². The van der Waals surface area contributed by atoms with Gasteiger partial charge in [0.05, 0.1) is 0 Å². The SMILES string of the molecule is OC[PH3+].[Br-].[Br-].[PH4+]. The maximum Gasteiger partial charge on any atom is 0.147 e. The van der Waals surface area contributed by atoms with Crippen LogP contribution in [0.4, 0.5) is 0 Å². The maximum atomic E-state index is 7.58. The second-order valence-corrected chi connectivity index (χ2v) is 0.671. The van der Waals surface area contributed by atoms with E-state index < -0.39 is 0 Å². The summed E-state index contributed by atoms with van der Waals surface area (Å²) in [6.07, 6.45) is 0.278. The lowest BCUT2D eigenvalue weighted by atomic mass is 11.7. The molecule has 44 valence electrons. The quantitative estimate of drug-likeness (QED) is 0.429. The monoisotopic (exact) mass is 258 g/mol. The van der Waals surface area contributed by atoms with Crippen LogP contribution < -0.4 is 34.0 Å². The van der Waals surface area contributed by atoms with E-state index in [4.69, 9.17) is 5.11 Å². The van der Waals surface area contributed by atoms with Crippen molar-refractivity contribution in [1.82, 2.24) is 0 Å². The second kappa shape index (κ2) is 29.3. The Bertz CT molecular complexity index is 11.5. The molecule has 5 heteroatoms. The molecule has 0 aromatic rings. The molecule has 0 rings (SSSR count). The highest BCUT2D eigenvalue weighted by molar-refractivity contribution is 7.16. The van der Waals surface area contributed by atoms with Crippen LogP contribution in [-0.4, -0.2) is 11.5 Å². The molecule has 0 radical (unpaired) electrons. The highest BCUT2D eigenvalue weighted by Gasteiger charge is 1.42. The van der Waals surface area contributed by atoms with E-state index in [2.05, 4.69) is 0 Å². The molecule has 6 heavy (non-hydrogen) atoms. The lowest BCUT2D eigenvalue weighted by molar-refractivity contribution is -0.001000.